The number of nitrogens with zero attached hydrogens (tertiary/aromatic N) is 1. The highest BCUT2D eigenvalue weighted by Gasteiger charge is 2.60. The second-order valence-electron chi connectivity index (χ2n) is 32.0. The Morgan fingerprint density at radius 1 is 0.279 bits per heavy atom. The molecule has 15 nitrogen and oxygen atoms in total. The van der Waals surface area contributed by atoms with Crippen LogP contribution in [0.5, 0.6) is 40.2 Å². The molecule has 66 heteroatoms. The summed E-state index contributed by atoms with van der Waals surface area (Å²) in [6.07, 6.45) is 14.2. The quantitative estimate of drug-likeness (QED) is 0.0115. The fraction of sp³-hybridized carbons (Fsp3) is 0.346. The van der Waals surface area contributed by atoms with E-state index >= 15 is 4.79 Å². The van der Waals surface area contributed by atoms with E-state index in [0.29, 0.717) is 97.4 Å². The van der Waals surface area contributed by atoms with E-state index in [9.17, 15) is 19.6 Å². The van der Waals surface area contributed by atoms with Gasteiger partial charge in [-0.05, 0) is 379 Å². The lowest BCUT2D eigenvalue weighted by Crippen LogP contribution is -2.12. The summed E-state index contributed by atoms with van der Waals surface area (Å²) >= 11 is 0. The Labute approximate surface area is 964 Å². The van der Waals surface area contributed by atoms with Gasteiger partial charge in [-0.1, -0.05) is 79.2 Å². The lowest BCUT2D eigenvalue weighted by Gasteiger charge is -2.56. The molecule has 0 N–H and O–H groups in total. The number of benzene rings is 8. The van der Waals surface area contributed by atoms with Gasteiger partial charge in [-0.25, -0.2) is 4.79 Å². The number of unbranched alkanes of at least 4 members (excludes halogenated alkanes) is 10. The van der Waals surface area contributed by atoms with Gasteiger partial charge in [-0.15, -0.1) is 232 Å². The highest BCUT2D eigenvalue weighted by atomic mass is 33.5. The number of ether oxygens (including phenoxy) is 9. The number of carbonyl (C=O) groups excluding carboxylic acids is 4. The highest BCUT2D eigenvalue weighted by molar-refractivity contribution is 9.48. The fourth-order valence-corrected chi connectivity index (χ4v) is 721. The monoisotopic (exact) mass is 2930 g/mol. The molecular formula is C81H140NO14P51. The van der Waals surface area contributed by atoms with Crippen LogP contribution in [0.2, 0.25) is 0 Å². The summed E-state index contributed by atoms with van der Waals surface area (Å²) in [7, 11) is 90.0. The number of nitriles is 1. The van der Waals surface area contributed by atoms with E-state index in [2.05, 4.69) is 275 Å². The number of Topliss-reactive ketones (excluding diaryl/α,β-unsaturated/α-hetero) is 3. The van der Waals surface area contributed by atoms with E-state index in [1.54, 1.807) is 38.3 Å². The SMILES string of the molecule is COCCCCCCOc1ccc(Cc2ccc(OCCCCCCOC(=O)c3cc(OCCCCCCOc4ccc(-c5ccc(C#N)cc5)cc4)cc(C(=O)CCCCOCOc4ccc(Cc5ccc(OCC(=O)c6cc(OP(P(P(P(P)P)P(P)P)P(P(P)P)P(P(P)P)P(P)P)P(P(P(P(P)P)P(P)P)P(P(P)P)P(P)P)P(P(P(P)P)P(P)P)P(P(P)P)P(P)P)cc(C(C)=O)c6)cc5)cc4)c3)cc2)cc1. The number of ketones is 3. The van der Waals surface area contributed by atoms with Gasteiger partial charge in [0.05, 0.1) is 56.8 Å². The first-order valence-corrected chi connectivity index (χ1v) is 138. The molecule has 8 aromatic carbocycles. The summed E-state index contributed by atoms with van der Waals surface area (Å²) in [5.74, 6) is 3.98. The summed E-state index contributed by atoms with van der Waals surface area (Å²) < 4.78 is 62.6. The van der Waals surface area contributed by atoms with Crippen LogP contribution in [0.3, 0.4) is 0 Å². The molecule has 147 heavy (non-hydrogen) atoms. The van der Waals surface area contributed by atoms with Crippen molar-refractivity contribution in [1.82, 2.24) is 0 Å². The van der Waals surface area contributed by atoms with Crippen LogP contribution in [-0.4, -0.2) is 90.1 Å². The Hall–Kier alpha value is 12.2. The predicted molar refractivity (Wildman–Crippen MR) is 796 cm³/mol. The zero-order valence-corrected chi connectivity index (χ0v) is 134. The average molecular weight is 2930 g/mol. The van der Waals surface area contributed by atoms with Crippen molar-refractivity contribution in [3.63, 3.8) is 0 Å². The van der Waals surface area contributed by atoms with Crippen molar-refractivity contribution >= 4 is 431 Å². The molecule has 8 rings (SSSR count). The molecule has 0 aromatic heterocycles. The largest absolute Gasteiger partial charge is 0.494 e. The first kappa shape index (κ1) is 144. The van der Waals surface area contributed by atoms with Crippen LogP contribution >= 0.6 is 407 Å². The number of carbonyl (C=O) groups is 4. The van der Waals surface area contributed by atoms with Gasteiger partial charge in [-0.2, -0.15) is 5.26 Å². The molecule has 29 atom stereocenters. The van der Waals surface area contributed by atoms with Crippen molar-refractivity contribution in [3.05, 3.63) is 232 Å². The molecule has 0 aliphatic rings. The summed E-state index contributed by atoms with van der Waals surface area (Å²) in [4.78, 5) is 57.3. The van der Waals surface area contributed by atoms with Crippen LogP contribution in [0.25, 0.3) is 11.1 Å². The van der Waals surface area contributed by atoms with Gasteiger partial charge in [0.1, 0.15) is 40.2 Å². The van der Waals surface area contributed by atoms with Crippen LogP contribution in [0.4, 0.5) is 0 Å². The van der Waals surface area contributed by atoms with Crippen molar-refractivity contribution in [2.75, 3.05) is 66.8 Å². The molecule has 0 spiro atoms. The summed E-state index contributed by atoms with van der Waals surface area (Å²) in [5.41, 5.74) is 8.89. The lowest BCUT2D eigenvalue weighted by atomic mass is 10.0. The molecular weight excluding hydrogens is 2790 g/mol. The lowest BCUT2D eigenvalue weighted by molar-refractivity contribution is 0.0136. The molecule has 0 radical (unpaired) electrons. The molecule has 8 aromatic rings. The summed E-state index contributed by atoms with van der Waals surface area (Å²) in [5, 5.41) is 9.20. The molecule has 0 aliphatic carbocycles. The van der Waals surface area contributed by atoms with Crippen molar-refractivity contribution in [3.8, 4) is 57.4 Å². The Kier molecular flexibility index (Phi) is 79.1. The van der Waals surface area contributed by atoms with Gasteiger partial charge in [0.25, 0.3) is 0 Å². The maximum atomic E-state index is 15.2. The van der Waals surface area contributed by atoms with Crippen LogP contribution in [-0.2, 0) is 27.1 Å². The molecule has 808 valence electrons. The first-order chi connectivity index (χ1) is 70.2. The third-order valence-corrected chi connectivity index (χ3v) is 368. The van der Waals surface area contributed by atoms with Gasteiger partial charge < -0.3 is 47.2 Å². The second-order valence-corrected chi connectivity index (χ2v) is 241. The zero-order chi connectivity index (χ0) is 108. The predicted octanol–water partition coefficient (Wildman–Crippen LogP) is 47.5. The van der Waals surface area contributed by atoms with E-state index in [-0.39, 0.29) is 49.3 Å². The number of esters is 1. The molecule has 0 heterocycles. The Balaban J connectivity index is 0.882. The minimum Gasteiger partial charge on any atom is -0.494 e. The number of hydrogen-bond donors (Lipinski definition) is 0. The van der Waals surface area contributed by atoms with E-state index in [0.717, 1.165) is 130 Å². The van der Waals surface area contributed by atoms with E-state index in [1.807, 2.05) is 121 Å². The minimum absolute atomic E-state index is 0.0393. The maximum Gasteiger partial charge on any atom is 0.338 e. The highest BCUT2D eigenvalue weighted by Crippen LogP contribution is 3.44. The van der Waals surface area contributed by atoms with Crippen molar-refractivity contribution in [1.29, 1.82) is 5.26 Å². The maximum absolute atomic E-state index is 15.2. The van der Waals surface area contributed by atoms with Gasteiger partial charge in [0.2, 0.25) is 0 Å². The minimum atomic E-state index is -1.27. The van der Waals surface area contributed by atoms with Crippen LogP contribution < -0.4 is 32.9 Å². The van der Waals surface area contributed by atoms with Crippen LogP contribution in [0, 0.1) is 11.3 Å². The number of rotatable bonds is 71. The Bertz CT molecular complexity index is 5130. The molecule has 0 bridgehead atoms. The Morgan fingerprint density at radius 3 is 0.959 bits per heavy atom. The Morgan fingerprint density at radius 2 is 0.578 bits per heavy atom. The fourth-order valence-electron chi connectivity index (χ4n) is 13.8. The molecule has 0 fully saturated rings. The van der Waals surface area contributed by atoms with Crippen molar-refractivity contribution < 1.29 is 66.3 Å². The third kappa shape index (κ3) is 52.1. The molecule has 0 saturated carbocycles. The van der Waals surface area contributed by atoms with Crippen molar-refractivity contribution in [2.45, 2.75) is 116 Å². The number of methoxy groups -OCH3 is 1. The average Bonchev–Trinajstić information content (AvgIpc) is 0.732. The summed E-state index contributed by atoms with van der Waals surface area (Å²) in [6, 6.07) is 61.1. The van der Waals surface area contributed by atoms with Gasteiger partial charge in [-0.3, -0.25) is 14.4 Å². The van der Waals surface area contributed by atoms with Crippen LogP contribution in [0.1, 0.15) is 172 Å². The van der Waals surface area contributed by atoms with Gasteiger partial charge in [0.15, 0.2) is 38.3 Å². The molecule has 0 aliphatic heterocycles. The second kappa shape index (κ2) is 80.6. The zero-order valence-electron chi connectivity index (χ0n) is 81.6. The molecule has 0 amide bonds. The van der Waals surface area contributed by atoms with Gasteiger partial charge >= 0.3 is 5.97 Å². The van der Waals surface area contributed by atoms with Crippen molar-refractivity contribution in [2.24, 2.45) is 0 Å². The third-order valence-electron chi connectivity index (χ3n) is 20.7. The topological polar surface area (TPSA) is 184 Å². The molecule has 29 unspecified atom stereocenters. The van der Waals surface area contributed by atoms with E-state index in [4.69, 9.17) is 47.2 Å². The smallest absolute Gasteiger partial charge is 0.338 e. The first-order valence-electron chi connectivity index (χ1n) is 45.2. The standard InChI is InChI=1S/C81H140NO14P51/c1-60(83)68-51-70(55-78(53-68)96-123(137(139(124(97)98)125(99)100)145(136(121)122)140(126(101)102)127(103)104)138(146(141(128(105)106)129(107)108)142(130(109)110)131(111)112)147(143(132(113)114)133(115)116)144(134(117)118)135(119)120)80(85)58-94-75-36-24-63(25-37-75)50-64-26-38-76(39-27-64)95-59-88-43-16-9-17-79(84)69-52-71(56-77(54-69)92-47-14-6-5-12-46-91-74-40-30-67(31-41-74)66-28-18-65(57-82)19-29-66)81(86)93-48-15-8-7-13-45-90-73-34-22-62(23-35-73)49-61-20-32-72(33-21-61)89-44-11-4-3-10-42-87-2/h18-41,51-56H,3-17,42-50,58-59,97-122H2,1-2H3. The van der Waals surface area contributed by atoms with Crippen LogP contribution in [0.15, 0.2) is 182 Å². The van der Waals surface area contributed by atoms with Gasteiger partial charge in [0, 0.05) is 71.8 Å². The molecule has 0 saturated heterocycles. The van der Waals surface area contributed by atoms with E-state index < -0.39 is 181 Å². The van der Waals surface area contributed by atoms with E-state index in [1.165, 1.54) is 11.1 Å². The summed E-state index contributed by atoms with van der Waals surface area (Å²) in [6.45, 7) is -8.52. The normalized spacial score (nSPS) is 12.9. The number of hydrogen-bond acceptors (Lipinski definition) is 15.